The van der Waals surface area contributed by atoms with Crippen molar-refractivity contribution in [2.45, 2.75) is 19.9 Å². The molecule has 0 fully saturated rings. The van der Waals surface area contributed by atoms with Crippen molar-refractivity contribution < 1.29 is 0 Å². The quantitative estimate of drug-likeness (QED) is 0.614. The molecular formula is C19H19BrN4. The molecule has 0 saturated heterocycles. The Labute approximate surface area is 150 Å². The molecular weight excluding hydrogens is 364 g/mol. The molecule has 2 N–H and O–H groups in total. The van der Waals surface area contributed by atoms with Crippen LogP contribution < -0.4 is 10.6 Å². The number of hydrogen-bond donors (Lipinski definition) is 2. The van der Waals surface area contributed by atoms with E-state index in [1.807, 2.05) is 55.5 Å². The second kappa shape index (κ2) is 7.45. The zero-order chi connectivity index (χ0) is 16.9. The standard InChI is InChI=1S/C19H19BrN4/c1-13(15-6-4-3-5-7-15)21-18-12-19(23-14(2)22-18)24-17-10-8-16(20)9-11-17/h3-13H,1-2H3,(H2,21,22,23,24). The van der Waals surface area contributed by atoms with Crippen molar-refractivity contribution in [1.29, 1.82) is 0 Å². The van der Waals surface area contributed by atoms with Crippen molar-refractivity contribution in [2.24, 2.45) is 0 Å². The van der Waals surface area contributed by atoms with Gasteiger partial charge < -0.3 is 10.6 Å². The number of anilines is 3. The van der Waals surface area contributed by atoms with E-state index in [0.29, 0.717) is 0 Å². The van der Waals surface area contributed by atoms with Crippen LogP contribution in [-0.2, 0) is 0 Å². The zero-order valence-electron chi connectivity index (χ0n) is 13.6. The van der Waals surface area contributed by atoms with Crippen LogP contribution in [0.3, 0.4) is 0 Å². The first-order valence-corrected chi connectivity index (χ1v) is 8.59. The molecule has 0 radical (unpaired) electrons. The highest BCUT2D eigenvalue weighted by atomic mass is 79.9. The smallest absolute Gasteiger partial charge is 0.136 e. The predicted octanol–water partition coefficient (Wildman–Crippen LogP) is 5.46. The van der Waals surface area contributed by atoms with Gasteiger partial charge in [-0.25, -0.2) is 9.97 Å². The summed E-state index contributed by atoms with van der Waals surface area (Å²) in [6.45, 7) is 4.01. The van der Waals surface area contributed by atoms with Gasteiger partial charge in [-0.15, -0.1) is 0 Å². The van der Waals surface area contributed by atoms with Crippen LogP contribution in [0.5, 0.6) is 0 Å². The number of rotatable bonds is 5. The van der Waals surface area contributed by atoms with Crippen LogP contribution in [0.15, 0.2) is 65.1 Å². The molecule has 24 heavy (non-hydrogen) atoms. The summed E-state index contributed by atoms with van der Waals surface area (Å²) in [4.78, 5) is 8.94. The van der Waals surface area contributed by atoms with Gasteiger partial charge in [-0.1, -0.05) is 46.3 Å². The summed E-state index contributed by atoms with van der Waals surface area (Å²) in [6.07, 6.45) is 0. The maximum atomic E-state index is 4.49. The van der Waals surface area contributed by atoms with Gasteiger partial charge in [0.05, 0.1) is 0 Å². The number of nitrogens with one attached hydrogen (secondary N) is 2. The van der Waals surface area contributed by atoms with Gasteiger partial charge in [0.1, 0.15) is 17.5 Å². The van der Waals surface area contributed by atoms with Gasteiger partial charge in [0.25, 0.3) is 0 Å². The summed E-state index contributed by atoms with van der Waals surface area (Å²) in [7, 11) is 0. The third-order valence-electron chi connectivity index (χ3n) is 3.62. The Bertz CT molecular complexity index is 803. The molecule has 1 unspecified atom stereocenters. The van der Waals surface area contributed by atoms with Crippen molar-refractivity contribution in [2.75, 3.05) is 10.6 Å². The lowest BCUT2D eigenvalue weighted by Gasteiger charge is -2.16. The molecule has 4 nitrogen and oxygen atoms in total. The molecule has 0 amide bonds. The Morgan fingerprint density at radius 2 is 1.58 bits per heavy atom. The fourth-order valence-electron chi connectivity index (χ4n) is 2.43. The van der Waals surface area contributed by atoms with E-state index in [4.69, 9.17) is 0 Å². The fourth-order valence-corrected chi connectivity index (χ4v) is 2.70. The first-order chi connectivity index (χ1) is 11.6. The third kappa shape index (κ3) is 4.32. The second-order valence-corrected chi connectivity index (χ2v) is 6.51. The van der Waals surface area contributed by atoms with Crippen LogP contribution in [0.1, 0.15) is 24.4 Å². The van der Waals surface area contributed by atoms with E-state index in [2.05, 4.69) is 55.6 Å². The molecule has 3 aromatic rings. The van der Waals surface area contributed by atoms with Crippen LogP contribution in [0.2, 0.25) is 0 Å². The van der Waals surface area contributed by atoms with Crippen molar-refractivity contribution in [3.05, 3.63) is 76.5 Å². The number of benzene rings is 2. The van der Waals surface area contributed by atoms with E-state index in [9.17, 15) is 0 Å². The van der Waals surface area contributed by atoms with E-state index in [1.165, 1.54) is 5.56 Å². The van der Waals surface area contributed by atoms with Gasteiger partial charge in [0.15, 0.2) is 0 Å². The molecule has 0 aliphatic rings. The van der Waals surface area contributed by atoms with E-state index in [1.54, 1.807) is 0 Å². The predicted molar refractivity (Wildman–Crippen MR) is 103 cm³/mol. The first-order valence-electron chi connectivity index (χ1n) is 7.80. The van der Waals surface area contributed by atoms with E-state index >= 15 is 0 Å². The zero-order valence-corrected chi connectivity index (χ0v) is 15.2. The van der Waals surface area contributed by atoms with Crippen LogP contribution in [0.25, 0.3) is 0 Å². The fraction of sp³-hybridized carbons (Fsp3) is 0.158. The summed E-state index contributed by atoms with van der Waals surface area (Å²) >= 11 is 3.44. The summed E-state index contributed by atoms with van der Waals surface area (Å²) in [5.41, 5.74) is 2.20. The average molecular weight is 383 g/mol. The van der Waals surface area contributed by atoms with Gasteiger partial charge in [-0.2, -0.15) is 0 Å². The summed E-state index contributed by atoms with van der Waals surface area (Å²) in [5, 5.41) is 6.75. The monoisotopic (exact) mass is 382 g/mol. The lowest BCUT2D eigenvalue weighted by atomic mass is 10.1. The largest absolute Gasteiger partial charge is 0.363 e. The number of aryl methyl sites for hydroxylation is 1. The van der Waals surface area contributed by atoms with Gasteiger partial charge in [-0.05, 0) is 43.7 Å². The van der Waals surface area contributed by atoms with Crippen molar-refractivity contribution >= 4 is 33.3 Å². The topological polar surface area (TPSA) is 49.8 Å². The molecule has 2 aromatic carbocycles. The molecule has 1 heterocycles. The third-order valence-corrected chi connectivity index (χ3v) is 4.15. The minimum atomic E-state index is 0.168. The number of nitrogens with zero attached hydrogens (tertiary/aromatic N) is 2. The molecule has 0 bridgehead atoms. The minimum absolute atomic E-state index is 0.168. The Balaban J connectivity index is 1.77. The van der Waals surface area contributed by atoms with Crippen LogP contribution in [0, 0.1) is 6.92 Å². The molecule has 1 atom stereocenters. The molecule has 5 heteroatoms. The summed E-state index contributed by atoms with van der Waals surface area (Å²) in [6, 6.07) is 20.4. The van der Waals surface area contributed by atoms with Crippen molar-refractivity contribution in [3.63, 3.8) is 0 Å². The van der Waals surface area contributed by atoms with Crippen LogP contribution >= 0.6 is 15.9 Å². The van der Waals surface area contributed by atoms with E-state index in [-0.39, 0.29) is 6.04 Å². The highest BCUT2D eigenvalue weighted by Gasteiger charge is 2.08. The molecule has 0 spiro atoms. The molecule has 3 rings (SSSR count). The molecule has 0 aliphatic heterocycles. The molecule has 1 aromatic heterocycles. The van der Waals surface area contributed by atoms with Crippen molar-refractivity contribution in [3.8, 4) is 0 Å². The lowest BCUT2D eigenvalue weighted by molar-refractivity contribution is 0.867. The number of halogens is 1. The SMILES string of the molecule is Cc1nc(Nc2ccc(Br)cc2)cc(NC(C)c2ccccc2)n1. The maximum absolute atomic E-state index is 4.49. The number of aromatic nitrogens is 2. The molecule has 0 saturated carbocycles. The summed E-state index contributed by atoms with van der Waals surface area (Å²) in [5.74, 6) is 2.30. The van der Waals surface area contributed by atoms with Crippen molar-refractivity contribution in [1.82, 2.24) is 9.97 Å². The Morgan fingerprint density at radius 3 is 2.29 bits per heavy atom. The summed E-state index contributed by atoms with van der Waals surface area (Å²) < 4.78 is 1.05. The highest BCUT2D eigenvalue weighted by molar-refractivity contribution is 9.10. The van der Waals surface area contributed by atoms with Gasteiger partial charge in [-0.3, -0.25) is 0 Å². The van der Waals surface area contributed by atoms with Gasteiger partial charge in [0.2, 0.25) is 0 Å². The number of hydrogen-bond acceptors (Lipinski definition) is 4. The minimum Gasteiger partial charge on any atom is -0.363 e. The van der Waals surface area contributed by atoms with Gasteiger partial charge in [0, 0.05) is 22.3 Å². The van der Waals surface area contributed by atoms with Gasteiger partial charge >= 0.3 is 0 Å². The molecule has 0 aliphatic carbocycles. The normalized spacial score (nSPS) is 11.8. The maximum Gasteiger partial charge on any atom is 0.136 e. The Kier molecular flexibility index (Phi) is 5.11. The van der Waals surface area contributed by atoms with E-state index in [0.717, 1.165) is 27.6 Å². The second-order valence-electron chi connectivity index (χ2n) is 5.59. The Hall–Kier alpha value is -2.40. The highest BCUT2D eigenvalue weighted by Crippen LogP contribution is 2.22. The Morgan fingerprint density at radius 1 is 0.917 bits per heavy atom. The first kappa shape index (κ1) is 16.5. The van der Waals surface area contributed by atoms with Crippen LogP contribution in [-0.4, -0.2) is 9.97 Å². The lowest BCUT2D eigenvalue weighted by Crippen LogP contribution is -2.09. The van der Waals surface area contributed by atoms with E-state index < -0.39 is 0 Å². The average Bonchev–Trinajstić information content (AvgIpc) is 2.57. The molecule has 122 valence electrons. The van der Waals surface area contributed by atoms with Crippen LogP contribution in [0.4, 0.5) is 17.3 Å².